The molecule has 0 saturated carbocycles. The van der Waals surface area contributed by atoms with Gasteiger partial charge in [-0.2, -0.15) is 4.98 Å². The molecule has 0 fully saturated rings. The summed E-state index contributed by atoms with van der Waals surface area (Å²) in [5.74, 6) is 1.68. The lowest BCUT2D eigenvalue weighted by molar-refractivity contribution is -0.123. The zero-order chi connectivity index (χ0) is 18.3. The van der Waals surface area contributed by atoms with Gasteiger partial charge >= 0.3 is 0 Å². The standard InChI is InChI=1S/C19H23N5OS/c1-4-26-19-21-18-20-14-6-5-7-15(25)16(14)17(24(18)22-19)12-8-10-13(11-9-12)23(2)3/h6,8-11,16-17H,4-5,7H2,1-3H3,(H,20,21,22)/t16-,17-/m1/s1. The topological polar surface area (TPSA) is 63.1 Å². The molecule has 2 aromatic rings. The van der Waals surface area contributed by atoms with Crippen molar-refractivity contribution in [3.05, 3.63) is 41.6 Å². The third kappa shape index (κ3) is 2.90. The van der Waals surface area contributed by atoms with Crippen LogP contribution in [0.3, 0.4) is 0 Å². The fourth-order valence-electron chi connectivity index (χ4n) is 3.65. The lowest BCUT2D eigenvalue weighted by Gasteiger charge is -2.36. The molecule has 2 atom stereocenters. The molecule has 1 aromatic carbocycles. The highest BCUT2D eigenvalue weighted by Gasteiger charge is 2.41. The summed E-state index contributed by atoms with van der Waals surface area (Å²) in [4.78, 5) is 19.5. The number of hydrogen-bond acceptors (Lipinski definition) is 6. The van der Waals surface area contributed by atoms with Gasteiger partial charge in [0.2, 0.25) is 11.1 Å². The monoisotopic (exact) mass is 369 g/mol. The summed E-state index contributed by atoms with van der Waals surface area (Å²) in [6.07, 6.45) is 3.51. The average Bonchev–Trinajstić information content (AvgIpc) is 3.02. The Kier molecular flexibility index (Phi) is 4.48. The minimum atomic E-state index is -0.220. The summed E-state index contributed by atoms with van der Waals surface area (Å²) in [6.45, 7) is 2.08. The predicted octanol–water partition coefficient (Wildman–Crippen LogP) is 3.33. The molecule has 2 heterocycles. The maximum Gasteiger partial charge on any atom is 0.227 e. The number of thioether (sulfide) groups is 1. The smallest absolute Gasteiger partial charge is 0.227 e. The third-order valence-electron chi connectivity index (χ3n) is 4.91. The van der Waals surface area contributed by atoms with Crippen molar-refractivity contribution < 1.29 is 4.79 Å². The Morgan fingerprint density at radius 3 is 2.77 bits per heavy atom. The van der Waals surface area contributed by atoms with Gasteiger partial charge in [-0.3, -0.25) is 4.79 Å². The Bertz CT molecular complexity index is 855. The molecule has 4 rings (SSSR count). The summed E-state index contributed by atoms with van der Waals surface area (Å²) < 4.78 is 1.90. The minimum Gasteiger partial charge on any atom is -0.378 e. The number of Topliss-reactive ketones (excluding diaryl/α,β-unsaturated/α-hetero) is 1. The molecule has 0 spiro atoms. The largest absolute Gasteiger partial charge is 0.378 e. The highest BCUT2D eigenvalue weighted by atomic mass is 32.2. The molecule has 136 valence electrons. The van der Waals surface area contributed by atoms with Crippen LogP contribution in [0.4, 0.5) is 11.6 Å². The first-order chi connectivity index (χ1) is 12.6. The fraction of sp³-hybridized carbons (Fsp3) is 0.421. The quantitative estimate of drug-likeness (QED) is 0.834. The van der Waals surface area contributed by atoms with Gasteiger partial charge in [0.05, 0.1) is 12.0 Å². The van der Waals surface area contributed by atoms with Gasteiger partial charge in [0.1, 0.15) is 5.78 Å². The Balaban J connectivity index is 1.82. The lowest BCUT2D eigenvalue weighted by atomic mass is 9.81. The second-order valence-corrected chi connectivity index (χ2v) is 8.02. The van der Waals surface area contributed by atoms with Crippen LogP contribution >= 0.6 is 11.8 Å². The molecular formula is C19H23N5OS. The van der Waals surface area contributed by atoms with Crippen LogP contribution in [0.25, 0.3) is 0 Å². The molecule has 2 aliphatic rings. The van der Waals surface area contributed by atoms with E-state index in [0.717, 1.165) is 40.2 Å². The molecule has 1 aromatic heterocycles. The van der Waals surface area contributed by atoms with Crippen LogP contribution in [0.5, 0.6) is 0 Å². The number of ketones is 1. The number of fused-ring (bicyclic) bond motifs is 2. The normalized spacial score (nSPS) is 21.5. The maximum atomic E-state index is 12.8. The number of anilines is 2. The molecule has 1 N–H and O–H groups in total. The van der Waals surface area contributed by atoms with Crippen molar-refractivity contribution in [2.75, 3.05) is 30.1 Å². The first-order valence-corrected chi connectivity index (χ1v) is 9.93. The molecule has 7 heteroatoms. The number of aromatic nitrogens is 3. The van der Waals surface area contributed by atoms with Crippen LogP contribution in [0.1, 0.15) is 31.4 Å². The van der Waals surface area contributed by atoms with Crippen LogP contribution in [-0.2, 0) is 4.79 Å². The summed E-state index contributed by atoms with van der Waals surface area (Å²) in [5, 5.41) is 8.79. The van der Waals surface area contributed by atoms with Crippen molar-refractivity contribution in [1.82, 2.24) is 14.8 Å². The van der Waals surface area contributed by atoms with Gasteiger partial charge in [-0.05, 0) is 29.9 Å². The average molecular weight is 369 g/mol. The van der Waals surface area contributed by atoms with Crippen molar-refractivity contribution in [3.8, 4) is 0 Å². The van der Waals surface area contributed by atoms with Gasteiger partial charge < -0.3 is 10.2 Å². The Morgan fingerprint density at radius 1 is 1.31 bits per heavy atom. The van der Waals surface area contributed by atoms with Crippen molar-refractivity contribution >= 4 is 29.2 Å². The molecule has 0 bridgehead atoms. The minimum absolute atomic E-state index is 0.153. The predicted molar refractivity (Wildman–Crippen MR) is 105 cm³/mol. The number of nitrogens with zero attached hydrogens (tertiary/aromatic N) is 4. The molecule has 0 amide bonds. The van der Waals surface area contributed by atoms with Crippen LogP contribution in [-0.4, -0.2) is 40.4 Å². The van der Waals surface area contributed by atoms with Gasteiger partial charge in [-0.1, -0.05) is 36.9 Å². The van der Waals surface area contributed by atoms with Gasteiger partial charge in [0.15, 0.2) is 0 Å². The second kappa shape index (κ2) is 6.79. The summed E-state index contributed by atoms with van der Waals surface area (Å²) in [5.41, 5.74) is 3.19. The van der Waals surface area contributed by atoms with Crippen LogP contribution in [0, 0.1) is 5.92 Å². The van der Waals surface area contributed by atoms with E-state index in [4.69, 9.17) is 5.10 Å². The zero-order valence-electron chi connectivity index (χ0n) is 15.3. The number of hydrogen-bond donors (Lipinski definition) is 1. The maximum absolute atomic E-state index is 12.8. The van der Waals surface area contributed by atoms with E-state index >= 15 is 0 Å². The van der Waals surface area contributed by atoms with Crippen LogP contribution < -0.4 is 10.2 Å². The van der Waals surface area contributed by atoms with E-state index in [-0.39, 0.29) is 17.7 Å². The van der Waals surface area contributed by atoms with E-state index in [1.165, 1.54) is 0 Å². The number of rotatable bonds is 4. The molecule has 1 aliphatic heterocycles. The molecular weight excluding hydrogens is 346 g/mol. The van der Waals surface area contributed by atoms with Crippen molar-refractivity contribution in [1.29, 1.82) is 0 Å². The zero-order valence-corrected chi connectivity index (χ0v) is 16.1. The molecule has 0 saturated heterocycles. The van der Waals surface area contributed by atoms with E-state index in [9.17, 15) is 4.79 Å². The Morgan fingerprint density at radius 2 is 2.08 bits per heavy atom. The SMILES string of the molecule is CCSc1nc2n(n1)[C@H](c1ccc(N(C)C)cc1)[C@H]1C(=O)CCC=C1N2. The first kappa shape index (κ1) is 17.1. The highest BCUT2D eigenvalue weighted by molar-refractivity contribution is 7.99. The van der Waals surface area contributed by atoms with E-state index in [1.807, 2.05) is 18.8 Å². The van der Waals surface area contributed by atoms with Gasteiger partial charge in [-0.25, -0.2) is 4.68 Å². The van der Waals surface area contributed by atoms with Gasteiger partial charge in [-0.15, -0.1) is 5.10 Å². The van der Waals surface area contributed by atoms with Crippen molar-refractivity contribution in [2.24, 2.45) is 5.92 Å². The molecule has 6 nitrogen and oxygen atoms in total. The van der Waals surface area contributed by atoms with E-state index in [1.54, 1.807) is 11.8 Å². The van der Waals surface area contributed by atoms with Gasteiger partial charge in [0.25, 0.3) is 0 Å². The lowest BCUT2D eigenvalue weighted by Crippen LogP contribution is -2.38. The number of allylic oxidation sites excluding steroid dienone is 2. The highest BCUT2D eigenvalue weighted by Crippen LogP contribution is 2.42. The molecule has 0 radical (unpaired) electrons. The number of carbonyl (C=O) groups is 1. The number of carbonyl (C=O) groups excluding carboxylic acids is 1. The summed E-state index contributed by atoms with van der Waals surface area (Å²) in [7, 11) is 4.05. The second-order valence-electron chi connectivity index (χ2n) is 6.79. The van der Waals surface area contributed by atoms with Crippen LogP contribution in [0.2, 0.25) is 0 Å². The molecule has 26 heavy (non-hydrogen) atoms. The van der Waals surface area contributed by atoms with E-state index in [0.29, 0.717) is 6.42 Å². The van der Waals surface area contributed by atoms with Crippen LogP contribution in [0.15, 0.2) is 41.2 Å². The fourth-order valence-corrected chi connectivity index (χ4v) is 4.20. The van der Waals surface area contributed by atoms with E-state index in [2.05, 4.69) is 52.5 Å². The van der Waals surface area contributed by atoms with E-state index < -0.39 is 0 Å². The van der Waals surface area contributed by atoms with Crippen molar-refractivity contribution in [3.63, 3.8) is 0 Å². The molecule has 1 aliphatic carbocycles. The third-order valence-corrected chi connectivity index (χ3v) is 5.63. The summed E-state index contributed by atoms with van der Waals surface area (Å²) in [6, 6.07) is 8.23. The molecule has 0 unspecified atom stereocenters. The summed E-state index contributed by atoms with van der Waals surface area (Å²) >= 11 is 1.61. The van der Waals surface area contributed by atoms with Crippen molar-refractivity contribution in [2.45, 2.75) is 31.0 Å². The van der Waals surface area contributed by atoms with Gasteiger partial charge in [0, 0.05) is 31.9 Å². The number of nitrogens with one attached hydrogen (secondary N) is 1. The first-order valence-electron chi connectivity index (χ1n) is 8.95. The number of benzene rings is 1. The Hall–Kier alpha value is -2.28. The Labute approximate surface area is 157 Å².